The normalized spacial score (nSPS) is 22.0. The molecule has 1 saturated heterocycles. The minimum atomic E-state index is -0.225. The van der Waals surface area contributed by atoms with Crippen molar-refractivity contribution in [3.8, 4) is 17.2 Å². The molecular formula is C23H27N3O5. The molecule has 0 saturated carbocycles. The minimum absolute atomic E-state index is 0.0250. The lowest BCUT2D eigenvalue weighted by molar-refractivity contribution is -0.123. The van der Waals surface area contributed by atoms with Crippen LogP contribution in [0.2, 0.25) is 0 Å². The third-order valence-corrected chi connectivity index (χ3v) is 5.43. The Balaban J connectivity index is 1.53. The Hall–Kier alpha value is -3.26. The molecule has 0 aromatic heterocycles. The molecule has 2 amide bonds. The van der Waals surface area contributed by atoms with Gasteiger partial charge in [-0.05, 0) is 41.8 Å². The van der Waals surface area contributed by atoms with Crippen molar-refractivity contribution in [2.45, 2.75) is 31.5 Å². The number of ether oxygens (including phenoxy) is 3. The van der Waals surface area contributed by atoms with E-state index in [0.717, 1.165) is 16.9 Å². The standard InChI is InChI=1S/C23H27N3O5/c1-29-20-10-15-4-8-19(20)30-14-23(28)25-11-16-2-6-17(7-3-16)31-21-13-24-12-18(21)26-22(27)9-5-15/h2-4,6-8,10,18,21,24H,5,9,11-14H2,1H3,(H,25,28)(H,26,27)/t18-,21-/m0/s1. The van der Waals surface area contributed by atoms with Crippen LogP contribution < -0.4 is 30.2 Å². The number of carbonyl (C=O) groups is 2. The second-order valence-electron chi connectivity index (χ2n) is 7.68. The average Bonchev–Trinajstić information content (AvgIpc) is 3.21. The molecule has 4 bridgehead atoms. The molecule has 8 nitrogen and oxygen atoms in total. The summed E-state index contributed by atoms with van der Waals surface area (Å²) in [7, 11) is 1.55. The maximum absolute atomic E-state index is 12.5. The molecule has 2 atom stereocenters. The van der Waals surface area contributed by atoms with Gasteiger partial charge >= 0.3 is 0 Å². The van der Waals surface area contributed by atoms with Crippen LogP contribution in [0, 0.1) is 0 Å². The number of rotatable bonds is 1. The van der Waals surface area contributed by atoms with Gasteiger partial charge in [0.05, 0.1) is 13.2 Å². The van der Waals surface area contributed by atoms with Crippen LogP contribution in [0.1, 0.15) is 17.5 Å². The highest BCUT2D eigenvalue weighted by atomic mass is 16.5. The van der Waals surface area contributed by atoms with Gasteiger partial charge in [0.25, 0.3) is 5.91 Å². The Morgan fingerprint density at radius 1 is 0.968 bits per heavy atom. The molecule has 31 heavy (non-hydrogen) atoms. The van der Waals surface area contributed by atoms with Crippen molar-refractivity contribution in [3.05, 3.63) is 53.6 Å². The molecule has 5 aliphatic heterocycles. The largest absolute Gasteiger partial charge is 0.493 e. The molecule has 1 fully saturated rings. The van der Waals surface area contributed by atoms with Gasteiger partial charge < -0.3 is 30.2 Å². The van der Waals surface area contributed by atoms with Gasteiger partial charge in [0.1, 0.15) is 11.9 Å². The van der Waals surface area contributed by atoms with Gasteiger partial charge in [0.15, 0.2) is 18.1 Å². The van der Waals surface area contributed by atoms with E-state index in [4.69, 9.17) is 14.2 Å². The third kappa shape index (κ3) is 5.46. The van der Waals surface area contributed by atoms with E-state index in [0.29, 0.717) is 44.0 Å². The molecule has 5 heterocycles. The number of aryl methyl sites for hydroxylation is 1. The molecule has 164 valence electrons. The second-order valence-corrected chi connectivity index (χ2v) is 7.68. The van der Waals surface area contributed by atoms with Gasteiger partial charge in [-0.2, -0.15) is 0 Å². The smallest absolute Gasteiger partial charge is 0.258 e. The minimum Gasteiger partial charge on any atom is -0.493 e. The quantitative estimate of drug-likeness (QED) is 0.635. The van der Waals surface area contributed by atoms with E-state index in [2.05, 4.69) is 16.0 Å². The van der Waals surface area contributed by atoms with Gasteiger partial charge in [0.2, 0.25) is 5.91 Å². The van der Waals surface area contributed by atoms with Gasteiger partial charge in [-0.15, -0.1) is 0 Å². The lowest BCUT2D eigenvalue weighted by Crippen LogP contribution is -2.45. The second kappa shape index (κ2) is 9.70. The van der Waals surface area contributed by atoms with Crippen molar-refractivity contribution < 1.29 is 23.8 Å². The molecule has 0 radical (unpaired) electrons. The lowest BCUT2D eigenvalue weighted by Gasteiger charge is -2.22. The molecule has 2 aromatic rings. The fraction of sp³-hybridized carbons (Fsp3) is 0.391. The van der Waals surface area contributed by atoms with E-state index in [-0.39, 0.29) is 30.6 Å². The molecule has 0 spiro atoms. The molecule has 0 aliphatic carbocycles. The van der Waals surface area contributed by atoms with Crippen LogP contribution in [0.3, 0.4) is 0 Å². The maximum Gasteiger partial charge on any atom is 0.258 e. The van der Waals surface area contributed by atoms with Crippen LogP contribution in [0.15, 0.2) is 42.5 Å². The van der Waals surface area contributed by atoms with E-state index in [1.54, 1.807) is 13.2 Å². The topological polar surface area (TPSA) is 97.9 Å². The summed E-state index contributed by atoms with van der Waals surface area (Å²) in [4.78, 5) is 24.7. The summed E-state index contributed by atoms with van der Waals surface area (Å²) >= 11 is 0. The van der Waals surface area contributed by atoms with Crippen LogP contribution >= 0.6 is 0 Å². The zero-order valence-corrected chi connectivity index (χ0v) is 17.5. The van der Waals surface area contributed by atoms with E-state index >= 15 is 0 Å². The van der Waals surface area contributed by atoms with E-state index in [9.17, 15) is 9.59 Å². The monoisotopic (exact) mass is 425 g/mol. The first-order chi connectivity index (χ1) is 15.1. The Labute approximate surface area is 181 Å². The van der Waals surface area contributed by atoms with E-state index in [1.165, 1.54) is 0 Å². The molecule has 5 aliphatic rings. The van der Waals surface area contributed by atoms with Gasteiger partial charge in [-0.25, -0.2) is 0 Å². The van der Waals surface area contributed by atoms with Crippen LogP contribution in [0.4, 0.5) is 0 Å². The molecule has 7 rings (SSSR count). The summed E-state index contributed by atoms with van der Waals surface area (Å²) in [6.07, 6.45) is 0.774. The number of hydrogen-bond acceptors (Lipinski definition) is 6. The zero-order chi connectivity index (χ0) is 21.6. The number of methoxy groups -OCH3 is 1. The van der Waals surface area contributed by atoms with Crippen LogP contribution in [-0.2, 0) is 22.6 Å². The Bertz CT molecular complexity index is 931. The molecule has 8 heteroatoms. The van der Waals surface area contributed by atoms with Crippen LogP contribution in [0.25, 0.3) is 0 Å². The van der Waals surface area contributed by atoms with Gasteiger partial charge in [0, 0.05) is 26.1 Å². The molecule has 3 N–H and O–H groups in total. The molecule has 2 aromatic carbocycles. The van der Waals surface area contributed by atoms with Crippen LogP contribution in [-0.4, -0.2) is 50.8 Å². The number of carbonyl (C=O) groups excluding carboxylic acids is 2. The molecular weight excluding hydrogens is 398 g/mol. The van der Waals surface area contributed by atoms with Crippen LogP contribution in [0.5, 0.6) is 17.2 Å². The van der Waals surface area contributed by atoms with E-state index in [1.807, 2.05) is 36.4 Å². The highest BCUT2D eigenvalue weighted by molar-refractivity contribution is 5.78. The SMILES string of the molecule is COc1cc2ccc1OCC(=O)NCc1ccc(cc1)O[C@H]1CNC[C@@H]1NC(=O)CC2. The Kier molecular flexibility index (Phi) is 6.57. The number of amides is 2. The third-order valence-electron chi connectivity index (χ3n) is 5.43. The fourth-order valence-corrected chi connectivity index (χ4v) is 3.70. The van der Waals surface area contributed by atoms with Gasteiger partial charge in [-0.1, -0.05) is 18.2 Å². The summed E-state index contributed by atoms with van der Waals surface area (Å²) < 4.78 is 17.1. The number of hydrogen-bond donors (Lipinski definition) is 3. The summed E-state index contributed by atoms with van der Waals surface area (Å²) in [6.45, 7) is 1.61. The van der Waals surface area contributed by atoms with Gasteiger partial charge in [-0.3, -0.25) is 9.59 Å². The predicted molar refractivity (Wildman–Crippen MR) is 114 cm³/mol. The fourth-order valence-electron chi connectivity index (χ4n) is 3.70. The first-order valence-corrected chi connectivity index (χ1v) is 10.4. The number of nitrogens with one attached hydrogen (secondary N) is 3. The maximum atomic E-state index is 12.5. The Morgan fingerprint density at radius 3 is 2.58 bits per heavy atom. The number of benzene rings is 2. The van der Waals surface area contributed by atoms with Crippen molar-refractivity contribution in [1.82, 2.24) is 16.0 Å². The first kappa shape index (κ1) is 21.0. The van der Waals surface area contributed by atoms with E-state index < -0.39 is 0 Å². The van der Waals surface area contributed by atoms with Crippen molar-refractivity contribution in [1.29, 1.82) is 0 Å². The highest BCUT2D eigenvalue weighted by Crippen LogP contribution is 2.28. The summed E-state index contributed by atoms with van der Waals surface area (Å²) in [5.41, 5.74) is 1.90. The average molecular weight is 425 g/mol. The van der Waals surface area contributed by atoms with Crippen molar-refractivity contribution in [2.75, 3.05) is 26.8 Å². The van der Waals surface area contributed by atoms with Crippen molar-refractivity contribution >= 4 is 11.8 Å². The highest BCUT2D eigenvalue weighted by Gasteiger charge is 2.30. The Morgan fingerprint density at radius 2 is 1.77 bits per heavy atom. The lowest BCUT2D eigenvalue weighted by atomic mass is 10.1. The van der Waals surface area contributed by atoms with Crippen molar-refractivity contribution in [2.24, 2.45) is 0 Å². The predicted octanol–water partition coefficient (Wildman–Crippen LogP) is 1.17. The summed E-state index contributed by atoms with van der Waals surface area (Å²) in [6, 6.07) is 13.0. The van der Waals surface area contributed by atoms with Crippen molar-refractivity contribution in [3.63, 3.8) is 0 Å². The first-order valence-electron chi connectivity index (χ1n) is 10.4. The molecule has 0 unspecified atom stereocenters. The summed E-state index contributed by atoms with van der Waals surface area (Å²) in [5.74, 6) is 1.50. The zero-order valence-electron chi connectivity index (χ0n) is 17.5. The summed E-state index contributed by atoms with van der Waals surface area (Å²) in [5, 5.41) is 9.21.